The van der Waals surface area contributed by atoms with Crippen LogP contribution in [0.4, 0.5) is 4.79 Å². The van der Waals surface area contributed by atoms with Gasteiger partial charge in [0.1, 0.15) is 0 Å². The number of likely N-dealkylation sites (tertiary alicyclic amines) is 1. The Labute approximate surface area is 183 Å². The van der Waals surface area contributed by atoms with Gasteiger partial charge in [-0.2, -0.15) is 0 Å². The van der Waals surface area contributed by atoms with E-state index in [2.05, 4.69) is 5.32 Å². The molecule has 158 valence electrons. The van der Waals surface area contributed by atoms with Gasteiger partial charge in [-0.3, -0.25) is 4.79 Å². The molecule has 0 spiro atoms. The Morgan fingerprint density at radius 3 is 1.94 bits per heavy atom. The quantitative estimate of drug-likeness (QED) is 0.677. The summed E-state index contributed by atoms with van der Waals surface area (Å²) in [7, 11) is 1.81. The number of hydrogen-bond acceptors (Lipinski definition) is 2. The number of likely N-dealkylation sites (N-methyl/N-ethyl adjacent to an activating group) is 1. The topological polar surface area (TPSA) is 52.7 Å². The van der Waals surface area contributed by atoms with Crippen molar-refractivity contribution in [1.82, 2.24) is 15.1 Å². The molecule has 1 saturated heterocycles. The third-order valence-corrected chi connectivity index (χ3v) is 5.87. The molecule has 1 fully saturated rings. The summed E-state index contributed by atoms with van der Waals surface area (Å²) in [4.78, 5) is 29.4. The van der Waals surface area contributed by atoms with Crippen LogP contribution in [-0.2, 0) is 0 Å². The minimum Gasteiger partial charge on any atom is -0.337 e. The first-order chi connectivity index (χ1) is 15.1. The minimum atomic E-state index is -0.235. The van der Waals surface area contributed by atoms with E-state index in [0.29, 0.717) is 18.7 Å². The van der Waals surface area contributed by atoms with Gasteiger partial charge in [0.15, 0.2) is 0 Å². The van der Waals surface area contributed by atoms with E-state index in [1.807, 2.05) is 103 Å². The Balaban J connectivity index is 1.44. The molecule has 5 nitrogen and oxygen atoms in total. The summed E-state index contributed by atoms with van der Waals surface area (Å²) in [5.74, 6) is 0.0170. The van der Waals surface area contributed by atoms with Crippen LogP contribution < -0.4 is 5.32 Å². The number of rotatable bonds is 5. The fourth-order valence-electron chi connectivity index (χ4n) is 4.05. The van der Waals surface area contributed by atoms with Crippen molar-refractivity contribution in [3.8, 4) is 0 Å². The highest BCUT2D eigenvalue weighted by Crippen LogP contribution is 2.23. The number of benzene rings is 3. The molecule has 0 bridgehead atoms. The average Bonchev–Trinajstić information content (AvgIpc) is 3.33. The largest absolute Gasteiger partial charge is 0.337 e. The molecule has 3 amide bonds. The van der Waals surface area contributed by atoms with Crippen LogP contribution in [0.25, 0.3) is 0 Å². The molecule has 3 aromatic rings. The Hall–Kier alpha value is -3.60. The summed E-state index contributed by atoms with van der Waals surface area (Å²) in [6, 6.07) is 28.8. The predicted octanol–water partition coefficient (Wildman–Crippen LogP) is 4.33. The van der Waals surface area contributed by atoms with Gasteiger partial charge in [-0.05, 0) is 29.7 Å². The molecule has 1 unspecified atom stereocenters. The van der Waals surface area contributed by atoms with E-state index in [1.54, 1.807) is 4.90 Å². The molecule has 5 heteroatoms. The maximum Gasteiger partial charge on any atom is 0.318 e. The van der Waals surface area contributed by atoms with Gasteiger partial charge in [-0.15, -0.1) is 0 Å². The molecule has 1 aliphatic rings. The molecule has 31 heavy (non-hydrogen) atoms. The van der Waals surface area contributed by atoms with Gasteiger partial charge in [0.05, 0.1) is 12.1 Å². The number of nitrogens with one attached hydrogen (secondary N) is 1. The van der Waals surface area contributed by atoms with E-state index < -0.39 is 0 Å². The van der Waals surface area contributed by atoms with Crippen LogP contribution in [0.15, 0.2) is 91.0 Å². The van der Waals surface area contributed by atoms with Crippen molar-refractivity contribution in [2.75, 3.05) is 20.1 Å². The highest BCUT2D eigenvalue weighted by atomic mass is 16.2. The van der Waals surface area contributed by atoms with Gasteiger partial charge >= 0.3 is 6.03 Å². The first-order valence-corrected chi connectivity index (χ1v) is 10.6. The van der Waals surface area contributed by atoms with Gasteiger partial charge in [0.25, 0.3) is 5.91 Å². The van der Waals surface area contributed by atoms with Crippen LogP contribution in [0.1, 0.15) is 33.9 Å². The van der Waals surface area contributed by atoms with Gasteiger partial charge < -0.3 is 15.1 Å². The normalized spacial score (nSPS) is 15.7. The van der Waals surface area contributed by atoms with Crippen LogP contribution in [0.5, 0.6) is 0 Å². The Morgan fingerprint density at radius 2 is 1.39 bits per heavy atom. The second kappa shape index (κ2) is 9.47. The fourth-order valence-corrected chi connectivity index (χ4v) is 4.05. The molecule has 1 aliphatic heterocycles. The molecule has 0 saturated carbocycles. The lowest BCUT2D eigenvalue weighted by Gasteiger charge is -2.28. The number of nitrogens with zero attached hydrogens (tertiary/aromatic N) is 2. The zero-order valence-electron chi connectivity index (χ0n) is 17.6. The summed E-state index contributed by atoms with van der Waals surface area (Å²) >= 11 is 0. The number of urea groups is 1. The van der Waals surface area contributed by atoms with E-state index in [4.69, 9.17) is 0 Å². The Bertz CT molecular complexity index is 969. The first kappa shape index (κ1) is 20.7. The molecule has 1 heterocycles. The monoisotopic (exact) mass is 413 g/mol. The van der Waals surface area contributed by atoms with E-state index in [-0.39, 0.29) is 24.0 Å². The Morgan fingerprint density at radius 1 is 0.871 bits per heavy atom. The van der Waals surface area contributed by atoms with Crippen molar-refractivity contribution < 1.29 is 9.59 Å². The van der Waals surface area contributed by atoms with E-state index in [0.717, 1.165) is 17.5 Å². The third kappa shape index (κ3) is 4.77. The smallest absolute Gasteiger partial charge is 0.318 e. The molecule has 3 aromatic carbocycles. The summed E-state index contributed by atoms with van der Waals surface area (Å²) < 4.78 is 0. The average molecular weight is 414 g/mol. The minimum absolute atomic E-state index is 0.0140. The summed E-state index contributed by atoms with van der Waals surface area (Å²) in [6.45, 7) is 1.19. The van der Waals surface area contributed by atoms with Gasteiger partial charge in [0, 0.05) is 25.7 Å². The van der Waals surface area contributed by atoms with Crippen molar-refractivity contribution in [1.29, 1.82) is 0 Å². The Kier molecular flexibility index (Phi) is 6.32. The number of carbonyl (C=O) groups is 2. The van der Waals surface area contributed by atoms with Crippen molar-refractivity contribution in [3.63, 3.8) is 0 Å². The van der Waals surface area contributed by atoms with Crippen LogP contribution in [-0.4, -0.2) is 47.9 Å². The second-order valence-electron chi connectivity index (χ2n) is 7.87. The molecule has 0 aromatic heterocycles. The molecule has 1 atom stereocenters. The van der Waals surface area contributed by atoms with Crippen molar-refractivity contribution in [2.24, 2.45) is 0 Å². The van der Waals surface area contributed by atoms with Crippen molar-refractivity contribution in [2.45, 2.75) is 18.5 Å². The predicted molar refractivity (Wildman–Crippen MR) is 122 cm³/mol. The van der Waals surface area contributed by atoms with Gasteiger partial charge in [-0.25, -0.2) is 4.79 Å². The fraction of sp³-hybridized carbons (Fsp3) is 0.231. The first-order valence-electron chi connectivity index (χ1n) is 10.6. The zero-order valence-corrected chi connectivity index (χ0v) is 17.6. The van der Waals surface area contributed by atoms with Crippen molar-refractivity contribution >= 4 is 11.9 Å². The lowest BCUT2D eigenvalue weighted by atomic mass is 9.99. The van der Waals surface area contributed by atoms with E-state index in [9.17, 15) is 9.59 Å². The molecular formula is C26H27N3O2. The lowest BCUT2D eigenvalue weighted by Crippen LogP contribution is -2.46. The summed E-state index contributed by atoms with van der Waals surface area (Å²) in [6.07, 6.45) is 0.768. The maximum absolute atomic E-state index is 13.1. The molecule has 0 radical (unpaired) electrons. The van der Waals surface area contributed by atoms with Gasteiger partial charge in [-0.1, -0.05) is 78.9 Å². The lowest BCUT2D eigenvalue weighted by molar-refractivity contribution is 0.0782. The van der Waals surface area contributed by atoms with Crippen LogP contribution >= 0.6 is 0 Å². The molecular weight excluding hydrogens is 386 g/mol. The standard InChI is InChI=1S/C26H27N3O2/c1-28(23-17-18-29(19-23)25(30)22-15-9-4-10-16-22)26(31)27-24(20-11-5-2-6-12-20)21-13-7-3-8-14-21/h2-16,23-24H,17-19H2,1H3,(H,27,31). The van der Waals surface area contributed by atoms with E-state index in [1.165, 1.54) is 0 Å². The van der Waals surface area contributed by atoms with Crippen LogP contribution in [0, 0.1) is 0 Å². The molecule has 0 aliphatic carbocycles. The molecule has 1 N–H and O–H groups in total. The third-order valence-electron chi connectivity index (χ3n) is 5.87. The van der Waals surface area contributed by atoms with Crippen molar-refractivity contribution in [3.05, 3.63) is 108 Å². The summed E-state index contributed by atoms with van der Waals surface area (Å²) in [5.41, 5.74) is 2.74. The van der Waals surface area contributed by atoms with Crippen LogP contribution in [0.2, 0.25) is 0 Å². The van der Waals surface area contributed by atoms with Crippen LogP contribution in [0.3, 0.4) is 0 Å². The van der Waals surface area contributed by atoms with E-state index >= 15 is 0 Å². The number of amides is 3. The highest BCUT2D eigenvalue weighted by molar-refractivity contribution is 5.94. The SMILES string of the molecule is CN(C(=O)NC(c1ccccc1)c1ccccc1)C1CCN(C(=O)c2ccccc2)C1. The highest BCUT2D eigenvalue weighted by Gasteiger charge is 2.32. The molecule has 4 rings (SSSR count). The zero-order chi connectivity index (χ0) is 21.6. The number of carbonyl (C=O) groups excluding carboxylic acids is 2. The second-order valence-corrected chi connectivity index (χ2v) is 7.87. The summed E-state index contributed by atoms with van der Waals surface area (Å²) in [5, 5.41) is 3.19. The van der Waals surface area contributed by atoms with Gasteiger partial charge in [0.2, 0.25) is 0 Å². The number of hydrogen-bond donors (Lipinski definition) is 1. The maximum atomic E-state index is 13.1.